The van der Waals surface area contributed by atoms with E-state index in [1.807, 2.05) is 58.9 Å². The van der Waals surface area contributed by atoms with E-state index < -0.39 is 46.1 Å². The van der Waals surface area contributed by atoms with E-state index in [-0.39, 0.29) is 11.5 Å². The highest BCUT2D eigenvalue weighted by Crippen LogP contribution is 2.66. The summed E-state index contributed by atoms with van der Waals surface area (Å²) in [7, 11) is 1.39. The number of allylic oxidation sites excluding steroid dienone is 5. The number of carbonyl (C=O) groups is 2. The van der Waals surface area contributed by atoms with Crippen LogP contribution in [0.4, 0.5) is 0 Å². The molecular formula is C31H41NO7. The van der Waals surface area contributed by atoms with Gasteiger partial charge in [-0.05, 0) is 38.2 Å². The van der Waals surface area contributed by atoms with Crippen molar-refractivity contribution in [2.24, 2.45) is 22.7 Å². The minimum atomic E-state index is -1.41. The molecule has 4 rings (SSSR count). The standard InChI is InChI=1S/C31H41NO7/c1-9-19(2)13-11-10-12-14-20(3)24-21(4)25(23-22(37-24)15-18-32(36-8)26(23)33)38-28(35)31-17-16-30(7,27(34)39-31)29(31,5)6/h10-15,18-19,21,24-25H,9,16-17H2,1-8H3/b12-10+,13-11+,20-14+/t19-,21+,24+,25+,30+,31-/m1/s1. The number of fused-ring (bicyclic) bond motifs is 3. The summed E-state index contributed by atoms with van der Waals surface area (Å²) in [5.74, 6) is -0.588. The predicted octanol–water partition coefficient (Wildman–Crippen LogP) is 5.11. The van der Waals surface area contributed by atoms with E-state index in [1.165, 1.54) is 13.3 Å². The Kier molecular flexibility index (Phi) is 7.63. The highest BCUT2D eigenvalue weighted by molar-refractivity contribution is 5.93. The van der Waals surface area contributed by atoms with E-state index in [2.05, 4.69) is 19.9 Å². The van der Waals surface area contributed by atoms with Crippen LogP contribution < -0.4 is 15.1 Å². The molecule has 2 aliphatic heterocycles. The third kappa shape index (κ3) is 4.42. The summed E-state index contributed by atoms with van der Waals surface area (Å²) in [6.07, 6.45) is 12.1. The number of aromatic nitrogens is 1. The summed E-state index contributed by atoms with van der Waals surface area (Å²) in [6.45, 7) is 13.8. The van der Waals surface area contributed by atoms with Gasteiger partial charge in [-0.15, -0.1) is 0 Å². The van der Waals surface area contributed by atoms with Crippen LogP contribution in [0, 0.1) is 22.7 Å². The van der Waals surface area contributed by atoms with Gasteiger partial charge in [0.15, 0.2) is 0 Å². The van der Waals surface area contributed by atoms with Gasteiger partial charge in [0.05, 0.1) is 11.6 Å². The number of ether oxygens (including phenoxy) is 3. The van der Waals surface area contributed by atoms with E-state index in [0.29, 0.717) is 24.5 Å². The van der Waals surface area contributed by atoms with Crippen LogP contribution in [0.3, 0.4) is 0 Å². The maximum atomic E-state index is 13.9. The Bertz CT molecular complexity index is 1290. The van der Waals surface area contributed by atoms with Gasteiger partial charge in [-0.25, -0.2) is 4.79 Å². The van der Waals surface area contributed by atoms with E-state index in [1.54, 1.807) is 6.07 Å². The van der Waals surface area contributed by atoms with Gasteiger partial charge in [0.2, 0.25) is 5.60 Å². The van der Waals surface area contributed by atoms with Crippen molar-refractivity contribution in [2.45, 2.75) is 85.5 Å². The van der Waals surface area contributed by atoms with Crippen LogP contribution in [0.15, 0.2) is 53.0 Å². The molecule has 0 spiro atoms. The second-order valence-corrected chi connectivity index (χ2v) is 11.9. The van der Waals surface area contributed by atoms with Gasteiger partial charge in [-0.3, -0.25) is 9.59 Å². The number of pyridine rings is 1. The maximum Gasteiger partial charge on any atom is 0.351 e. The van der Waals surface area contributed by atoms with Crippen molar-refractivity contribution >= 4 is 11.9 Å². The molecule has 1 aliphatic carbocycles. The molecule has 2 bridgehead atoms. The van der Waals surface area contributed by atoms with Crippen LogP contribution in [0.1, 0.15) is 79.4 Å². The molecule has 8 nitrogen and oxygen atoms in total. The topological polar surface area (TPSA) is 93.1 Å². The Balaban J connectivity index is 1.68. The van der Waals surface area contributed by atoms with E-state index >= 15 is 0 Å². The Morgan fingerprint density at radius 2 is 1.92 bits per heavy atom. The third-order valence-electron chi connectivity index (χ3n) is 9.51. The monoisotopic (exact) mass is 539 g/mol. The van der Waals surface area contributed by atoms with Gasteiger partial charge in [-0.1, -0.05) is 71.4 Å². The molecule has 1 aromatic rings. The first kappa shape index (κ1) is 28.7. The van der Waals surface area contributed by atoms with Crippen molar-refractivity contribution in [3.63, 3.8) is 0 Å². The average molecular weight is 540 g/mol. The molecule has 3 aliphatic rings. The number of esters is 2. The number of hydrogen-bond acceptors (Lipinski definition) is 7. The molecule has 1 saturated carbocycles. The second-order valence-electron chi connectivity index (χ2n) is 11.9. The van der Waals surface area contributed by atoms with Crippen molar-refractivity contribution in [2.75, 3.05) is 7.11 Å². The maximum absolute atomic E-state index is 13.9. The summed E-state index contributed by atoms with van der Waals surface area (Å²) < 4.78 is 19.3. The van der Waals surface area contributed by atoms with Gasteiger partial charge in [0, 0.05) is 17.4 Å². The molecule has 39 heavy (non-hydrogen) atoms. The zero-order valence-corrected chi connectivity index (χ0v) is 24.3. The fraction of sp³-hybridized carbons (Fsp3) is 0.581. The number of hydrogen-bond donors (Lipinski definition) is 0. The Morgan fingerprint density at radius 3 is 2.51 bits per heavy atom. The van der Waals surface area contributed by atoms with E-state index in [4.69, 9.17) is 19.0 Å². The fourth-order valence-corrected chi connectivity index (χ4v) is 6.03. The van der Waals surface area contributed by atoms with Crippen LogP contribution in [-0.2, 0) is 19.1 Å². The lowest BCUT2D eigenvalue weighted by Crippen LogP contribution is -2.51. The quantitative estimate of drug-likeness (QED) is 0.335. The van der Waals surface area contributed by atoms with Crippen molar-refractivity contribution < 1.29 is 28.6 Å². The average Bonchev–Trinajstić information content (AvgIpc) is 3.20. The largest absolute Gasteiger partial charge is 0.485 e. The first-order valence-electron chi connectivity index (χ1n) is 13.8. The lowest BCUT2D eigenvalue weighted by Gasteiger charge is -2.40. The molecule has 0 amide bonds. The zero-order valence-electron chi connectivity index (χ0n) is 24.3. The van der Waals surface area contributed by atoms with Crippen LogP contribution in [0.25, 0.3) is 0 Å². The molecule has 8 heteroatoms. The summed E-state index contributed by atoms with van der Waals surface area (Å²) in [5.41, 5.74) is -2.29. The number of carbonyl (C=O) groups excluding carboxylic acids is 2. The Morgan fingerprint density at radius 1 is 1.21 bits per heavy atom. The first-order chi connectivity index (χ1) is 18.3. The summed E-state index contributed by atoms with van der Waals surface area (Å²) >= 11 is 0. The molecule has 3 heterocycles. The van der Waals surface area contributed by atoms with Crippen molar-refractivity contribution in [1.29, 1.82) is 0 Å². The highest BCUT2D eigenvalue weighted by Gasteiger charge is 2.76. The minimum absolute atomic E-state index is 0.204. The molecule has 0 unspecified atom stereocenters. The van der Waals surface area contributed by atoms with Crippen molar-refractivity contribution in [1.82, 2.24) is 4.73 Å². The van der Waals surface area contributed by atoms with Crippen molar-refractivity contribution in [3.05, 3.63) is 64.1 Å². The van der Waals surface area contributed by atoms with Crippen LogP contribution in [0.2, 0.25) is 0 Å². The molecule has 1 saturated heterocycles. The molecule has 0 aromatic carbocycles. The lowest BCUT2D eigenvalue weighted by atomic mass is 9.66. The molecular weight excluding hydrogens is 498 g/mol. The normalized spacial score (nSPS) is 32.2. The van der Waals surface area contributed by atoms with Crippen LogP contribution in [-0.4, -0.2) is 35.5 Å². The smallest absolute Gasteiger partial charge is 0.351 e. The van der Waals surface area contributed by atoms with Crippen LogP contribution in [0.5, 0.6) is 5.75 Å². The van der Waals surface area contributed by atoms with E-state index in [9.17, 15) is 14.4 Å². The molecule has 0 radical (unpaired) electrons. The fourth-order valence-electron chi connectivity index (χ4n) is 6.03. The molecule has 2 fully saturated rings. The number of nitrogens with zero attached hydrogens (tertiary/aromatic N) is 1. The number of rotatable bonds is 8. The zero-order chi connectivity index (χ0) is 28.8. The second kappa shape index (κ2) is 10.4. The van der Waals surface area contributed by atoms with Crippen molar-refractivity contribution in [3.8, 4) is 5.75 Å². The van der Waals surface area contributed by atoms with Gasteiger partial charge >= 0.3 is 11.9 Å². The van der Waals surface area contributed by atoms with Gasteiger partial charge in [0.25, 0.3) is 5.56 Å². The molecule has 1 aromatic heterocycles. The first-order valence-corrected chi connectivity index (χ1v) is 13.8. The molecule has 0 N–H and O–H groups in total. The molecule has 6 atom stereocenters. The van der Waals surface area contributed by atoms with Gasteiger partial charge in [0.1, 0.15) is 30.6 Å². The van der Waals surface area contributed by atoms with E-state index in [0.717, 1.165) is 16.7 Å². The Hall–Kier alpha value is -3.29. The third-order valence-corrected chi connectivity index (χ3v) is 9.51. The van der Waals surface area contributed by atoms with Gasteiger partial charge in [-0.2, -0.15) is 4.73 Å². The highest BCUT2D eigenvalue weighted by atomic mass is 16.7. The predicted molar refractivity (Wildman–Crippen MR) is 147 cm³/mol. The lowest BCUT2D eigenvalue weighted by molar-refractivity contribution is -0.191. The Labute approximate surface area is 230 Å². The molecule has 212 valence electrons. The SMILES string of the molecule is CC[C@@H](C)/C=C/C=C/C=C(\C)[C@@H]1Oc2ccn(OC)c(=O)c2[C@@H](OC(=O)[C@@]23CC[C@@](C)(C(=O)O2)C3(C)C)[C@H]1C. The minimum Gasteiger partial charge on any atom is -0.485 e. The summed E-state index contributed by atoms with van der Waals surface area (Å²) in [5, 5.41) is 0. The summed E-state index contributed by atoms with van der Waals surface area (Å²) in [4.78, 5) is 45.2. The van der Waals surface area contributed by atoms with Gasteiger partial charge < -0.3 is 19.0 Å². The van der Waals surface area contributed by atoms with Crippen LogP contribution >= 0.6 is 0 Å². The summed E-state index contributed by atoms with van der Waals surface area (Å²) in [6, 6.07) is 1.64.